The van der Waals surface area contributed by atoms with Gasteiger partial charge in [0.15, 0.2) is 11.6 Å². The molecule has 0 saturated heterocycles. The number of hydrogen-bond acceptors (Lipinski definition) is 5. The van der Waals surface area contributed by atoms with Crippen LogP contribution in [-0.4, -0.2) is 19.9 Å². The molecule has 5 heteroatoms. The van der Waals surface area contributed by atoms with Gasteiger partial charge in [0.25, 0.3) is 0 Å². The summed E-state index contributed by atoms with van der Waals surface area (Å²) in [4.78, 5) is 20.6. The number of fused-ring (bicyclic) bond motifs is 2. The van der Waals surface area contributed by atoms with Crippen molar-refractivity contribution in [1.82, 2.24) is 19.9 Å². The summed E-state index contributed by atoms with van der Waals surface area (Å²) in [6.07, 6.45) is 6.23. The molecule has 1 aliphatic rings. The van der Waals surface area contributed by atoms with Gasteiger partial charge in [-0.15, -0.1) is 0 Å². The van der Waals surface area contributed by atoms with Crippen LogP contribution in [0.1, 0.15) is 44.5 Å². The third-order valence-electron chi connectivity index (χ3n) is 12.1. The number of hydrogen-bond donors (Lipinski definition) is 0. The molecule has 7 aromatic carbocycles. The normalized spacial score (nSPS) is 13.0. The minimum absolute atomic E-state index is 0.362. The predicted octanol–water partition coefficient (Wildman–Crippen LogP) is 15.3. The largest absolute Gasteiger partial charge is 0.455 e. The first kappa shape index (κ1) is 40.1. The summed E-state index contributed by atoms with van der Waals surface area (Å²) >= 11 is 0. The van der Waals surface area contributed by atoms with Crippen molar-refractivity contribution in [3.05, 3.63) is 223 Å². The van der Waals surface area contributed by atoms with E-state index in [1.165, 1.54) is 0 Å². The first-order valence-electron chi connectivity index (χ1n) is 21.8. The Bertz CT molecular complexity index is 3170. The van der Waals surface area contributed by atoms with Crippen molar-refractivity contribution < 1.29 is 4.74 Å². The van der Waals surface area contributed by atoms with Gasteiger partial charge < -0.3 is 4.74 Å². The van der Waals surface area contributed by atoms with E-state index in [4.69, 9.17) is 24.7 Å². The minimum Gasteiger partial charge on any atom is -0.455 e. The summed E-state index contributed by atoms with van der Waals surface area (Å²) in [5, 5.41) is 0. The van der Waals surface area contributed by atoms with E-state index in [0.29, 0.717) is 11.6 Å². The average Bonchev–Trinajstić information content (AvgIpc) is 3.36. The standard InChI is InChI=1S/C59H46N4O/c1-5-20-39(6-2)51-37-52(40-21-10-7-11-22-40)61-57(60-51)45-29-16-27-43(35-45)47-31-18-33-49-55(47)64-56-48(32-19-34-50(56)59(49,3)4)44-28-17-30-46(36-44)58-62-53(41-23-12-8-13-24-41)38-54(63-58)42-25-14-9-15-26-42/h5-38H,1-4H3/b20-5-,39-6+. The Morgan fingerprint density at radius 1 is 0.422 bits per heavy atom. The fourth-order valence-electron chi connectivity index (χ4n) is 8.71. The summed E-state index contributed by atoms with van der Waals surface area (Å²) in [6, 6.07) is 65.0. The lowest BCUT2D eigenvalue weighted by molar-refractivity contribution is 0.421. The molecule has 0 bridgehead atoms. The number of rotatable bonds is 9. The fourth-order valence-corrected chi connectivity index (χ4v) is 8.71. The maximum absolute atomic E-state index is 7.22. The zero-order valence-electron chi connectivity index (χ0n) is 36.3. The van der Waals surface area contributed by atoms with Crippen LogP contribution in [0.2, 0.25) is 0 Å². The molecule has 0 spiro atoms. The van der Waals surface area contributed by atoms with Crippen LogP contribution in [0, 0.1) is 0 Å². The van der Waals surface area contributed by atoms with Gasteiger partial charge in [0.05, 0.1) is 22.8 Å². The van der Waals surface area contributed by atoms with E-state index >= 15 is 0 Å². The SMILES string of the molecule is C/C=C\C(=C/C)c1cc(-c2ccccc2)nc(-c2cccc(-c3cccc4c3Oc3c(-c5cccc(-c6nc(-c7ccccc7)cc(-c7ccccc7)n6)c5)cccc3C4(C)C)c2)n1. The Kier molecular flexibility index (Phi) is 10.7. The highest BCUT2D eigenvalue weighted by atomic mass is 16.5. The van der Waals surface area contributed by atoms with Gasteiger partial charge in [0, 0.05) is 55.5 Å². The van der Waals surface area contributed by atoms with E-state index in [-0.39, 0.29) is 5.41 Å². The lowest BCUT2D eigenvalue weighted by atomic mass is 9.74. The van der Waals surface area contributed by atoms with E-state index in [1.54, 1.807) is 0 Å². The first-order chi connectivity index (χ1) is 31.4. The average molecular weight is 827 g/mol. The molecule has 0 radical (unpaired) electrons. The number of para-hydroxylation sites is 2. The van der Waals surface area contributed by atoms with Gasteiger partial charge in [0.1, 0.15) is 11.5 Å². The highest BCUT2D eigenvalue weighted by molar-refractivity contribution is 5.84. The molecule has 0 aliphatic carbocycles. The third-order valence-corrected chi connectivity index (χ3v) is 12.1. The molecular weight excluding hydrogens is 781 g/mol. The lowest BCUT2D eigenvalue weighted by Crippen LogP contribution is -2.25. The minimum atomic E-state index is -0.362. The second-order valence-corrected chi connectivity index (χ2v) is 16.5. The van der Waals surface area contributed by atoms with E-state index in [2.05, 4.69) is 159 Å². The summed E-state index contributed by atoms with van der Waals surface area (Å²) in [6.45, 7) is 8.64. The van der Waals surface area contributed by atoms with Crippen molar-refractivity contribution in [3.8, 4) is 90.3 Å². The van der Waals surface area contributed by atoms with Crippen LogP contribution in [0.15, 0.2) is 206 Å². The second-order valence-electron chi connectivity index (χ2n) is 16.5. The maximum atomic E-state index is 7.22. The molecule has 3 heterocycles. The van der Waals surface area contributed by atoms with Crippen LogP contribution in [0.5, 0.6) is 11.5 Å². The second kappa shape index (κ2) is 17.0. The predicted molar refractivity (Wildman–Crippen MR) is 263 cm³/mol. The Labute approximate surface area is 375 Å². The summed E-state index contributed by atoms with van der Waals surface area (Å²) in [7, 11) is 0. The third kappa shape index (κ3) is 7.62. The summed E-state index contributed by atoms with van der Waals surface area (Å²) in [5.41, 5.74) is 15.4. The molecule has 0 unspecified atom stereocenters. The Morgan fingerprint density at radius 3 is 1.28 bits per heavy atom. The first-order valence-corrected chi connectivity index (χ1v) is 21.8. The van der Waals surface area contributed by atoms with E-state index in [9.17, 15) is 0 Å². The molecule has 308 valence electrons. The van der Waals surface area contributed by atoms with Crippen LogP contribution in [0.4, 0.5) is 0 Å². The smallest absolute Gasteiger partial charge is 0.160 e. The summed E-state index contributed by atoms with van der Waals surface area (Å²) in [5.74, 6) is 3.01. The van der Waals surface area contributed by atoms with Crippen molar-refractivity contribution in [2.75, 3.05) is 0 Å². The number of aromatic nitrogens is 4. The molecule has 0 amide bonds. The van der Waals surface area contributed by atoms with Crippen LogP contribution < -0.4 is 4.74 Å². The summed E-state index contributed by atoms with van der Waals surface area (Å²) < 4.78 is 7.22. The van der Waals surface area contributed by atoms with E-state index in [1.807, 2.05) is 74.5 Å². The van der Waals surface area contributed by atoms with Gasteiger partial charge in [-0.2, -0.15) is 0 Å². The molecule has 1 aliphatic heterocycles. The molecule has 0 saturated carbocycles. The van der Waals surface area contributed by atoms with Crippen molar-refractivity contribution in [2.24, 2.45) is 0 Å². The quantitative estimate of drug-likeness (QED) is 0.136. The van der Waals surface area contributed by atoms with Gasteiger partial charge in [-0.3, -0.25) is 0 Å². The molecule has 0 atom stereocenters. The molecule has 0 fully saturated rings. The van der Waals surface area contributed by atoms with Crippen LogP contribution in [0.25, 0.3) is 84.4 Å². The van der Waals surface area contributed by atoms with Gasteiger partial charge in [-0.25, -0.2) is 19.9 Å². The van der Waals surface area contributed by atoms with Gasteiger partial charge in [-0.1, -0.05) is 196 Å². The number of ether oxygens (including phenoxy) is 1. The Hall–Kier alpha value is -8.02. The van der Waals surface area contributed by atoms with Gasteiger partial charge >= 0.3 is 0 Å². The molecule has 10 rings (SSSR count). The zero-order valence-corrected chi connectivity index (χ0v) is 36.3. The van der Waals surface area contributed by atoms with E-state index in [0.717, 1.165) is 101 Å². The number of allylic oxidation sites excluding steroid dienone is 4. The van der Waals surface area contributed by atoms with Gasteiger partial charge in [-0.05, 0) is 54.8 Å². The molecule has 9 aromatic rings. The molecular formula is C59H46N4O. The highest BCUT2D eigenvalue weighted by Crippen LogP contribution is 2.54. The zero-order chi connectivity index (χ0) is 43.6. The van der Waals surface area contributed by atoms with Crippen LogP contribution >= 0.6 is 0 Å². The van der Waals surface area contributed by atoms with Crippen molar-refractivity contribution in [3.63, 3.8) is 0 Å². The topological polar surface area (TPSA) is 60.8 Å². The Morgan fingerprint density at radius 2 is 0.828 bits per heavy atom. The van der Waals surface area contributed by atoms with Crippen molar-refractivity contribution in [1.29, 1.82) is 0 Å². The number of nitrogens with zero attached hydrogens (tertiary/aromatic N) is 4. The monoisotopic (exact) mass is 826 g/mol. The van der Waals surface area contributed by atoms with Crippen LogP contribution in [0.3, 0.4) is 0 Å². The molecule has 2 aromatic heterocycles. The van der Waals surface area contributed by atoms with Crippen molar-refractivity contribution in [2.45, 2.75) is 33.1 Å². The lowest BCUT2D eigenvalue weighted by Gasteiger charge is -2.36. The highest BCUT2D eigenvalue weighted by Gasteiger charge is 2.37. The number of benzene rings is 7. The molecule has 0 N–H and O–H groups in total. The Balaban J connectivity index is 1.06. The van der Waals surface area contributed by atoms with Crippen LogP contribution in [-0.2, 0) is 5.41 Å². The maximum Gasteiger partial charge on any atom is 0.160 e. The fraction of sp³-hybridized carbons (Fsp3) is 0.0847. The van der Waals surface area contributed by atoms with Gasteiger partial charge in [0.2, 0.25) is 0 Å². The van der Waals surface area contributed by atoms with E-state index < -0.39 is 0 Å². The molecule has 5 nitrogen and oxygen atoms in total. The molecule has 64 heavy (non-hydrogen) atoms. The van der Waals surface area contributed by atoms with Crippen molar-refractivity contribution >= 4 is 5.57 Å².